The summed E-state index contributed by atoms with van der Waals surface area (Å²) >= 11 is 0. The Bertz CT molecular complexity index is 575. The third-order valence-electron chi connectivity index (χ3n) is 2.97. The highest BCUT2D eigenvalue weighted by Gasteiger charge is 2.13. The molecule has 0 fully saturated rings. The van der Waals surface area contributed by atoms with Crippen LogP contribution in [0.3, 0.4) is 0 Å². The lowest BCUT2D eigenvalue weighted by Gasteiger charge is -2.24. The lowest BCUT2D eigenvalue weighted by Crippen LogP contribution is -2.39. The van der Waals surface area contributed by atoms with Crippen LogP contribution in [0.4, 0.5) is 11.4 Å². The van der Waals surface area contributed by atoms with E-state index in [4.69, 9.17) is 0 Å². The maximum atomic E-state index is 4.58. The molecule has 0 bridgehead atoms. The van der Waals surface area contributed by atoms with E-state index in [1.807, 2.05) is 31.2 Å². The van der Waals surface area contributed by atoms with E-state index in [-0.39, 0.29) is 0 Å². The van der Waals surface area contributed by atoms with Gasteiger partial charge < -0.3 is 0 Å². The fraction of sp³-hybridized carbons (Fsp3) is 0.133. The average Bonchev–Trinajstić information content (AvgIpc) is 2.57. The predicted octanol–water partition coefficient (Wildman–Crippen LogP) is 3.26. The lowest BCUT2D eigenvalue weighted by atomic mass is 10.1. The zero-order valence-electron chi connectivity index (χ0n) is 10.3. The molecule has 0 saturated carbocycles. The van der Waals surface area contributed by atoms with Gasteiger partial charge in [0.15, 0.2) is 0 Å². The van der Waals surface area contributed by atoms with Crippen LogP contribution >= 0.6 is 0 Å². The van der Waals surface area contributed by atoms with E-state index >= 15 is 0 Å². The Morgan fingerprint density at radius 3 is 2.56 bits per heavy atom. The Morgan fingerprint density at radius 2 is 1.72 bits per heavy atom. The summed E-state index contributed by atoms with van der Waals surface area (Å²) in [5.41, 5.74) is 6.74. The lowest BCUT2D eigenvalue weighted by molar-refractivity contribution is 0.771. The molecule has 1 N–H and O–H groups in total. The number of rotatable bonds is 1. The number of anilines is 1. The number of fused-ring (bicyclic) bond motifs is 1. The molecule has 0 atom stereocenters. The van der Waals surface area contributed by atoms with E-state index in [0.717, 1.165) is 23.8 Å². The second-order valence-corrected chi connectivity index (χ2v) is 4.36. The maximum absolute atomic E-state index is 4.58. The van der Waals surface area contributed by atoms with Gasteiger partial charge in [0, 0.05) is 0 Å². The van der Waals surface area contributed by atoms with E-state index < -0.39 is 0 Å². The number of nitrogens with one attached hydrogen (secondary N) is 1. The van der Waals surface area contributed by atoms with Gasteiger partial charge in [-0.25, -0.2) is 4.99 Å². The van der Waals surface area contributed by atoms with Crippen molar-refractivity contribution >= 4 is 17.2 Å². The van der Waals surface area contributed by atoms with Crippen molar-refractivity contribution in [2.24, 2.45) is 4.99 Å². The minimum absolute atomic E-state index is 0.807. The number of aliphatic imine (C=N–C) groups is 1. The molecule has 1 heterocycles. The third-order valence-corrected chi connectivity index (χ3v) is 2.97. The summed E-state index contributed by atoms with van der Waals surface area (Å²) in [6.45, 7) is 2.79. The molecule has 3 heteroatoms. The summed E-state index contributed by atoms with van der Waals surface area (Å²) in [5.74, 6) is 0.906. The average molecular weight is 237 g/mol. The number of amidine groups is 1. The van der Waals surface area contributed by atoms with E-state index in [1.54, 1.807) is 0 Å². The minimum Gasteiger partial charge on any atom is -0.285 e. The Balaban J connectivity index is 2.00. The van der Waals surface area contributed by atoms with Gasteiger partial charge in [0.1, 0.15) is 5.84 Å². The van der Waals surface area contributed by atoms with Gasteiger partial charge >= 0.3 is 0 Å². The molecule has 18 heavy (non-hydrogen) atoms. The number of para-hydroxylation sites is 2. The van der Waals surface area contributed by atoms with Crippen molar-refractivity contribution in [2.45, 2.75) is 13.5 Å². The molecule has 0 radical (unpaired) electrons. The van der Waals surface area contributed by atoms with Crippen molar-refractivity contribution in [3.63, 3.8) is 0 Å². The molecule has 90 valence electrons. The molecule has 3 nitrogen and oxygen atoms in total. The van der Waals surface area contributed by atoms with Crippen molar-refractivity contribution in [3.05, 3.63) is 60.2 Å². The van der Waals surface area contributed by atoms with Crippen LogP contribution in [0.15, 0.2) is 59.6 Å². The van der Waals surface area contributed by atoms with Crippen LogP contribution in [-0.4, -0.2) is 5.84 Å². The van der Waals surface area contributed by atoms with Gasteiger partial charge in [-0.2, -0.15) is 0 Å². The number of hydrazine groups is 1. The fourth-order valence-corrected chi connectivity index (χ4v) is 2.13. The first kappa shape index (κ1) is 10.8. The third kappa shape index (κ3) is 2.07. The summed E-state index contributed by atoms with van der Waals surface area (Å²) < 4.78 is 0. The van der Waals surface area contributed by atoms with E-state index in [9.17, 15) is 0 Å². The molecule has 3 rings (SSSR count). The molecule has 0 unspecified atom stereocenters. The van der Waals surface area contributed by atoms with Gasteiger partial charge in [0.2, 0.25) is 0 Å². The number of benzene rings is 2. The Kier molecular flexibility index (Phi) is 2.73. The largest absolute Gasteiger partial charge is 0.285 e. The molecule has 0 aromatic heterocycles. The Labute approximate surface area is 107 Å². The molecular formula is C15H15N3. The van der Waals surface area contributed by atoms with Crippen LogP contribution in [0.25, 0.3) is 0 Å². The van der Waals surface area contributed by atoms with E-state index in [1.165, 1.54) is 5.56 Å². The SMILES string of the molecule is CC1=Nc2ccccc2CN(c2ccccc2)N1. The second kappa shape index (κ2) is 4.53. The normalized spacial score (nSPS) is 14.3. The summed E-state index contributed by atoms with van der Waals surface area (Å²) in [6, 6.07) is 18.5. The van der Waals surface area contributed by atoms with Crippen LogP contribution in [-0.2, 0) is 6.54 Å². The highest BCUT2D eigenvalue weighted by atomic mass is 15.5. The zero-order chi connectivity index (χ0) is 12.4. The van der Waals surface area contributed by atoms with Crippen LogP contribution in [0, 0.1) is 0 Å². The Morgan fingerprint density at radius 1 is 1.00 bits per heavy atom. The molecule has 0 amide bonds. The first-order valence-electron chi connectivity index (χ1n) is 6.05. The summed E-state index contributed by atoms with van der Waals surface area (Å²) in [7, 11) is 0. The summed E-state index contributed by atoms with van der Waals surface area (Å²) in [4.78, 5) is 4.58. The van der Waals surface area contributed by atoms with Gasteiger partial charge in [-0.1, -0.05) is 36.4 Å². The number of hydrogen-bond donors (Lipinski definition) is 1. The first-order valence-corrected chi connectivity index (χ1v) is 6.05. The van der Waals surface area contributed by atoms with Gasteiger partial charge in [0.25, 0.3) is 0 Å². The molecular weight excluding hydrogens is 222 g/mol. The van der Waals surface area contributed by atoms with Gasteiger partial charge in [-0.15, -0.1) is 0 Å². The highest BCUT2D eigenvalue weighted by molar-refractivity contribution is 5.85. The molecule has 0 spiro atoms. The van der Waals surface area contributed by atoms with E-state index in [2.05, 4.69) is 45.8 Å². The monoisotopic (exact) mass is 237 g/mol. The van der Waals surface area contributed by atoms with Crippen LogP contribution < -0.4 is 10.4 Å². The topological polar surface area (TPSA) is 27.6 Å². The molecule has 1 aliphatic rings. The standard InChI is InChI=1S/C15H15N3/c1-12-16-15-10-6-5-7-13(15)11-18(17-12)14-8-3-2-4-9-14/h2-10H,11H2,1H3,(H,16,17). The smallest absolute Gasteiger partial charge is 0.118 e. The van der Waals surface area contributed by atoms with E-state index in [0.29, 0.717) is 0 Å². The Hall–Kier alpha value is -2.29. The van der Waals surface area contributed by atoms with Crippen molar-refractivity contribution < 1.29 is 0 Å². The van der Waals surface area contributed by atoms with Crippen molar-refractivity contribution in [1.82, 2.24) is 5.43 Å². The molecule has 0 aliphatic carbocycles. The molecule has 2 aromatic rings. The van der Waals surface area contributed by atoms with Crippen molar-refractivity contribution in [2.75, 3.05) is 5.01 Å². The van der Waals surface area contributed by atoms with Crippen LogP contribution in [0.5, 0.6) is 0 Å². The van der Waals surface area contributed by atoms with Gasteiger partial charge in [-0.3, -0.25) is 10.4 Å². The van der Waals surface area contributed by atoms with Gasteiger partial charge in [0.05, 0.1) is 17.9 Å². The number of hydrogen-bond acceptors (Lipinski definition) is 3. The molecule has 0 saturated heterocycles. The van der Waals surface area contributed by atoms with Crippen LogP contribution in [0.2, 0.25) is 0 Å². The molecule has 2 aromatic carbocycles. The van der Waals surface area contributed by atoms with Crippen LogP contribution in [0.1, 0.15) is 12.5 Å². The first-order chi connectivity index (χ1) is 8.83. The highest BCUT2D eigenvalue weighted by Crippen LogP contribution is 2.24. The zero-order valence-corrected chi connectivity index (χ0v) is 10.3. The second-order valence-electron chi connectivity index (χ2n) is 4.36. The minimum atomic E-state index is 0.807. The summed E-state index contributed by atoms with van der Waals surface area (Å²) in [6.07, 6.45) is 0. The van der Waals surface area contributed by atoms with Crippen molar-refractivity contribution in [3.8, 4) is 0 Å². The predicted molar refractivity (Wildman–Crippen MR) is 75.0 cm³/mol. The summed E-state index contributed by atoms with van der Waals surface area (Å²) in [5, 5.41) is 2.12. The maximum Gasteiger partial charge on any atom is 0.118 e. The van der Waals surface area contributed by atoms with Gasteiger partial charge in [-0.05, 0) is 30.7 Å². The fourth-order valence-electron chi connectivity index (χ4n) is 2.13. The van der Waals surface area contributed by atoms with Crippen molar-refractivity contribution in [1.29, 1.82) is 0 Å². The quantitative estimate of drug-likeness (QED) is 0.824. The molecule has 1 aliphatic heterocycles. The number of nitrogens with zero attached hydrogens (tertiary/aromatic N) is 2.